The first kappa shape index (κ1) is 9.53. The summed E-state index contributed by atoms with van der Waals surface area (Å²) in [5, 5.41) is 3.07. The summed E-state index contributed by atoms with van der Waals surface area (Å²) >= 11 is 0. The first-order valence-corrected chi connectivity index (χ1v) is 5.73. The average Bonchev–Trinajstić information content (AvgIpc) is 2.38. The minimum atomic E-state index is 0.574. The third kappa shape index (κ3) is 1.17. The van der Waals surface area contributed by atoms with E-state index in [0.29, 0.717) is 17.6 Å². The lowest BCUT2D eigenvalue weighted by molar-refractivity contribution is 0.526. The zero-order valence-corrected chi connectivity index (χ0v) is 9.71. The number of pyridine rings is 2. The maximum Gasteiger partial charge on any atom is 0.232 e. The van der Waals surface area contributed by atoms with Gasteiger partial charge >= 0.3 is 0 Å². The number of fused-ring (bicyclic) bond motifs is 2. The smallest absolute Gasteiger partial charge is 0.232 e. The summed E-state index contributed by atoms with van der Waals surface area (Å²) in [6.07, 6.45) is 1.76. The van der Waals surface area contributed by atoms with Crippen molar-refractivity contribution in [3.8, 4) is 5.88 Å². The molecule has 0 radical (unpaired) electrons. The third-order valence-electron chi connectivity index (χ3n) is 3.07. The number of benzene rings is 1. The Hall–Kier alpha value is -2.49. The summed E-state index contributed by atoms with van der Waals surface area (Å²) in [6, 6.07) is 10.0. The van der Waals surface area contributed by atoms with E-state index in [9.17, 15) is 0 Å². The Bertz CT molecular complexity index is 824. The molecule has 1 aliphatic heterocycles. The third-order valence-corrected chi connectivity index (χ3v) is 3.07. The Morgan fingerprint density at radius 2 is 1.94 bits per heavy atom. The number of aromatic nitrogens is 2. The second-order valence-corrected chi connectivity index (χ2v) is 4.22. The van der Waals surface area contributed by atoms with E-state index in [2.05, 4.69) is 21.0 Å². The monoisotopic (exact) mass is 235 g/mol. The van der Waals surface area contributed by atoms with E-state index in [0.717, 1.165) is 21.7 Å². The lowest BCUT2D eigenvalue weighted by Gasteiger charge is -2.15. The van der Waals surface area contributed by atoms with Crippen molar-refractivity contribution in [1.82, 2.24) is 9.97 Å². The first-order valence-electron chi connectivity index (χ1n) is 5.73. The molecule has 18 heavy (non-hydrogen) atoms. The van der Waals surface area contributed by atoms with Crippen molar-refractivity contribution in [2.75, 3.05) is 0 Å². The highest BCUT2D eigenvalue weighted by Crippen LogP contribution is 2.37. The molecule has 4 heteroatoms. The van der Waals surface area contributed by atoms with Crippen LogP contribution in [0.1, 0.15) is 6.92 Å². The molecule has 86 valence electrons. The van der Waals surface area contributed by atoms with Gasteiger partial charge in [0.25, 0.3) is 0 Å². The normalized spacial score (nSPS) is 13.5. The lowest BCUT2D eigenvalue weighted by Crippen LogP contribution is -2.08. The van der Waals surface area contributed by atoms with Crippen LogP contribution in [0.4, 0.5) is 5.82 Å². The highest BCUT2D eigenvalue weighted by molar-refractivity contribution is 6.13. The number of nitrogens with zero attached hydrogens (tertiary/aromatic N) is 3. The molecule has 0 fully saturated rings. The van der Waals surface area contributed by atoms with Crippen molar-refractivity contribution >= 4 is 33.4 Å². The number of rotatable bonds is 0. The van der Waals surface area contributed by atoms with E-state index in [4.69, 9.17) is 4.74 Å². The molecular weight excluding hydrogens is 226 g/mol. The van der Waals surface area contributed by atoms with E-state index in [1.807, 2.05) is 24.3 Å². The van der Waals surface area contributed by atoms with Crippen LogP contribution >= 0.6 is 0 Å². The Labute approximate surface area is 103 Å². The Balaban J connectivity index is 2.30. The minimum absolute atomic E-state index is 0.574. The molecule has 0 spiro atoms. The molecule has 0 amide bonds. The van der Waals surface area contributed by atoms with Gasteiger partial charge in [-0.1, -0.05) is 18.2 Å². The largest absolute Gasteiger partial charge is 0.424 e. The second-order valence-electron chi connectivity index (χ2n) is 4.22. The number of ether oxygens (including phenoxy) is 1. The quantitative estimate of drug-likeness (QED) is 0.562. The minimum Gasteiger partial charge on any atom is -0.424 e. The molecule has 1 aliphatic rings. The Kier molecular flexibility index (Phi) is 1.73. The maximum atomic E-state index is 5.55. The molecule has 0 aliphatic carbocycles. The van der Waals surface area contributed by atoms with E-state index >= 15 is 0 Å². The van der Waals surface area contributed by atoms with Crippen LogP contribution in [0.5, 0.6) is 5.88 Å². The van der Waals surface area contributed by atoms with Crippen LogP contribution in [0.15, 0.2) is 41.5 Å². The molecular formula is C14H9N3O. The highest BCUT2D eigenvalue weighted by atomic mass is 16.5. The van der Waals surface area contributed by atoms with Gasteiger partial charge in [-0.3, -0.25) is 0 Å². The van der Waals surface area contributed by atoms with Gasteiger partial charge in [0.05, 0.1) is 10.9 Å². The first-order chi connectivity index (χ1) is 8.83. The molecule has 0 unspecified atom stereocenters. The molecule has 0 atom stereocenters. The fraction of sp³-hybridized carbons (Fsp3) is 0.0714. The van der Waals surface area contributed by atoms with Crippen LogP contribution in [0.25, 0.3) is 21.7 Å². The maximum absolute atomic E-state index is 5.55. The van der Waals surface area contributed by atoms with E-state index in [-0.39, 0.29) is 0 Å². The fourth-order valence-corrected chi connectivity index (χ4v) is 2.32. The number of hydrogen-bond donors (Lipinski definition) is 0. The summed E-state index contributed by atoms with van der Waals surface area (Å²) in [5.74, 6) is 1.86. The van der Waals surface area contributed by atoms with Crippen molar-refractivity contribution in [2.24, 2.45) is 4.99 Å². The molecule has 2 aromatic heterocycles. The van der Waals surface area contributed by atoms with Crippen molar-refractivity contribution in [3.05, 3.63) is 36.5 Å². The van der Waals surface area contributed by atoms with Crippen molar-refractivity contribution < 1.29 is 4.74 Å². The average molecular weight is 235 g/mol. The van der Waals surface area contributed by atoms with Gasteiger partial charge in [-0.25, -0.2) is 9.97 Å². The Morgan fingerprint density at radius 3 is 2.89 bits per heavy atom. The summed E-state index contributed by atoms with van der Waals surface area (Å²) < 4.78 is 5.55. The zero-order valence-electron chi connectivity index (χ0n) is 9.71. The van der Waals surface area contributed by atoms with Gasteiger partial charge in [-0.15, -0.1) is 0 Å². The summed E-state index contributed by atoms with van der Waals surface area (Å²) in [4.78, 5) is 13.2. The number of para-hydroxylation sites is 1. The predicted molar refractivity (Wildman–Crippen MR) is 70.4 cm³/mol. The van der Waals surface area contributed by atoms with E-state index < -0.39 is 0 Å². The van der Waals surface area contributed by atoms with Crippen molar-refractivity contribution in [1.29, 1.82) is 0 Å². The molecule has 3 aromatic rings. The summed E-state index contributed by atoms with van der Waals surface area (Å²) in [7, 11) is 0. The molecule has 0 N–H and O–H groups in total. The number of hydrogen-bond acceptors (Lipinski definition) is 4. The van der Waals surface area contributed by atoms with Gasteiger partial charge in [-0.05, 0) is 12.1 Å². The predicted octanol–water partition coefficient (Wildman–Crippen LogP) is 3.23. The van der Waals surface area contributed by atoms with Gasteiger partial charge in [0.2, 0.25) is 5.88 Å². The van der Waals surface area contributed by atoms with Gasteiger partial charge in [0, 0.05) is 23.9 Å². The lowest BCUT2D eigenvalue weighted by atomic mass is 10.1. The van der Waals surface area contributed by atoms with Crippen LogP contribution in [0.2, 0.25) is 0 Å². The van der Waals surface area contributed by atoms with Crippen molar-refractivity contribution in [2.45, 2.75) is 6.92 Å². The van der Waals surface area contributed by atoms with E-state index in [1.165, 1.54) is 0 Å². The molecule has 0 saturated carbocycles. The summed E-state index contributed by atoms with van der Waals surface area (Å²) in [5.41, 5.74) is 0.940. The second kappa shape index (κ2) is 3.26. The van der Waals surface area contributed by atoms with Crippen LogP contribution in [0.3, 0.4) is 0 Å². The van der Waals surface area contributed by atoms with Gasteiger partial charge in [0.1, 0.15) is 0 Å². The molecule has 0 bridgehead atoms. The van der Waals surface area contributed by atoms with Gasteiger partial charge in [-0.2, -0.15) is 4.99 Å². The summed E-state index contributed by atoms with van der Waals surface area (Å²) in [6.45, 7) is 1.81. The molecule has 0 saturated heterocycles. The van der Waals surface area contributed by atoms with Gasteiger partial charge < -0.3 is 4.74 Å². The van der Waals surface area contributed by atoms with E-state index in [1.54, 1.807) is 13.1 Å². The SMILES string of the molecule is CC1=Nc2nc3ccccc3c3ccnc(c23)O1. The standard InChI is InChI=1S/C14H9N3O/c1-8-16-13-12-10(6-7-15-14(12)18-8)9-4-2-3-5-11(9)17-13/h2-7H,1H3. The highest BCUT2D eigenvalue weighted by Gasteiger charge is 2.18. The molecule has 4 rings (SSSR count). The van der Waals surface area contributed by atoms with Crippen molar-refractivity contribution in [3.63, 3.8) is 0 Å². The Morgan fingerprint density at radius 1 is 1.06 bits per heavy atom. The zero-order chi connectivity index (χ0) is 12.1. The van der Waals surface area contributed by atoms with Crippen LogP contribution in [0, 0.1) is 0 Å². The molecule has 3 heterocycles. The topological polar surface area (TPSA) is 47.4 Å². The van der Waals surface area contributed by atoms with Gasteiger partial charge in [0.15, 0.2) is 11.7 Å². The fourth-order valence-electron chi connectivity index (χ4n) is 2.32. The van der Waals surface area contributed by atoms with Crippen LogP contribution < -0.4 is 4.74 Å². The van der Waals surface area contributed by atoms with Crippen LogP contribution in [-0.2, 0) is 0 Å². The van der Waals surface area contributed by atoms with Crippen LogP contribution in [-0.4, -0.2) is 15.9 Å². The molecule has 1 aromatic carbocycles. The molecule has 4 nitrogen and oxygen atoms in total. The number of aliphatic imine (C=N–C) groups is 1.